The van der Waals surface area contributed by atoms with Crippen molar-refractivity contribution in [2.45, 2.75) is 6.42 Å². The number of halogens is 1. The van der Waals surface area contributed by atoms with Gasteiger partial charge in [0.25, 0.3) is 5.91 Å². The monoisotopic (exact) mass is 373 g/mol. The predicted octanol–water partition coefficient (Wildman–Crippen LogP) is 1.06. The van der Waals surface area contributed by atoms with Crippen LogP contribution in [0.5, 0.6) is 0 Å². The first-order chi connectivity index (χ1) is 13.0. The number of nitrogens with one attached hydrogen (secondary N) is 1. The number of carbonyl (C=O) groups excluding carboxylic acids is 3. The smallest absolute Gasteiger partial charge is 0.289 e. The largest absolute Gasteiger partial charge is 0.459 e. The van der Waals surface area contributed by atoms with E-state index in [0.29, 0.717) is 26.2 Å². The zero-order valence-corrected chi connectivity index (χ0v) is 14.7. The van der Waals surface area contributed by atoms with Crippen LogP contribution in [0.2, 0.25) is 0 Å². The van der Waals surface area contributed by atoms with Gasteiger partial charge in [-0.3, -0.25) is 14.4 Å². The molecular weight excluding hydrogens is 353 g/mol. The van der Waals surface area contributed by atoms with Crippen molar-refractivity contribution in [2.24, 2.45) is 0 Å². The molecule has 7 nitrogen and oxygen atoms in total. The minimum atomic E-state index is -0.448. The van der Waals surface area contributed by atoms with Gasteiger partial charge in [-0.2, -0.15) is 0 Å². The zero-order chi connectivity index (χ0) is 19.2. The molecule has 1 aliphatic rings. The SMILES string of the molecule is O=C(Cc1ccccc1F)NCC(=O)N1CCN(C(=O)c2ccco2)CC1. The Balaban J connectivity index is 1.42. The van der Waals surface area contributed by atoms with Gasteiger partial charge in [-0.1, -0.05) is 18.2 Å². The van der Waals surface area contributed by atoms with Crippen LogP contribution >= 0.6 is 0 Å². The second kappa shape index (κ2) is 8.48. The van der Waals surface area contributed by atoms with Crippen molar-refractivity contribution in [3.05, 3.63) is 59.8 Å². The highest BCUT2D eigenvalue weighted by Gasteiger charge is 2.26. The molecular formula is C19H20FN3O4. The van der Waals surface area contributed by atoms with E-state index >= 15 is 0 Å². The third-order valence-electron chi connectivity index (χ3n) is 4.40. The molecule has 3 rings (SSSR count). The van der Waals surface area contributed by atoms with Gasteiger partial charge in [-0.15, -0.1) is 0 Å². The third-order valence-corrected chi connectivity index (χ3v) is 4.40. The summed E-state index contributed by atoms with van der Waals surface area (Å²) in [6, 6.07) is 9.28. The Morgan fingerprint density at radius 1 is 1.00 bits per heavy atom. The van der Waals surface area contributed by atoms with Crippen molar-refractivity contribution < 1.29 is 23.2 Å². The van der Waals surface area contributed by atoms with Gasteiger partial charge in [0.2, 0.25) is 11.8 Å². The van der Waals surface area contributed by atoms with Gasteiger partial charge in [0.1, 0.15) is 5.82 Å². The van der Waals surface area contributed by atoms with Gasteiger partial charge >= 0.3 is 0 Å². The van der Waals surface area contributed by atoms with E-state index in [0.717, 1.165) is 0 Å². The standard InChI is InChI=1S/C19H20FN3O4/c20-15-5-2-1-4-14(15)12-17(24)21-13-18(25)22-7-9-23(10-8-22)19(26)16-6-3-11-27-16/h1-6,11H,7-10,12-13H2,(H,21,24). The fraction of sp³-hybridized carbons (Fsp3) is 0.316. The van der Waals surface area contributed by atoms with Crippen LogP contribution in [0.3, 0.4) is 0 Å². The maximum Gasteiger partial charge on any atom is 0.289 e. The third kappa shape index (κ3) is 4.72. The Hall–Kier alpha value is -3.16. The van der Waals surface area contributed by atoms with Crippen molar-refractivity contribution in [3.63, 3.8) is 0 Å². The van der Waals surface area contributed by atoms with Crippen molar-refractivity contribution in [3.8, 4) is 0 Å². The van der Waals surface area contributed by atoms with Gasteiger partial charge in [-0.25, -0.2) is 4.39 Å². The highest BCUT2D eigenvalue weighted by Crippen LogP contribution is 2.10. The number of hydrogen-bond donors (Lipinski definition) is 1. The van der Waals surface area contributed by atoms with Crippen LogP contribution in [-0.4, -0.2) is 60.2 Å². The molecule has 142 valence electrons. The molecule has 8 heteroatoms. The predicted molar refractivity (Wildman–Crippen MR) is 94.3 cm³/mol. The first kappa shape index (κ1) is 18.6. The van der Waals surface area contributed by atoms with Crippen LogP contribution in [0.25, 0.3) is 0 Å². The molecule has 1 aromatic carbocycles. The molecule has 1 aliphatic heterocycles. The van der Waals surface area contributed by atoms with Crippen LogP contribution in [-0.2, 0) is 16.0 Å². The number of rotatable bonds is 5. The van der Waals surface area contributed by atoms with Gasteiger partial charge in [-0.05, 0) is 23.8 Å². The molecule has 0 unspecified atom stereocenters. The molecule has 3 amide bonds. The van der Waals surface area contributed by atoms with Crippen LogP contribution in [0.1, 0.15) is 16.1 Å². The molecule has 0 bridgehead atoms. The topological polar surface area (TPSA) is 82.9 Å². The molecule has 0 radical (unpaired) electrons. The lowest BCUT2D eigenvalue weighted by molar-refractivity contribution is -0.134. The van der Waals surface area contributed by atoms with Crippen LogP contribution in [0.15, 0.2) is 47.1 Å². The Morgan fingerprint density at radius 2 is 1.70 bits per heavy atom. The minimum absolute atomic E-state index is 0.120. The Morgan fingerprint density at radius 3 is 2.37 bits per heavy atom. The maximum atomic E-state index is 13.5. The van der Waals surface area contributed by atoms with Gasteiger partial charge < -0.3 is 19.5 Å². The van der Waals surface area contributed by atoms with E-state index in [-0.39, 0.29) is 36.1 Å². The molecule has 0 spiro atoms. The van der Waals surface area contributed by atoms with E-state index in [1.54, 1.807) is 34.1 Å². The molecule has 27 heavy (non-hydrogen) atoms. The normalized spacial score (nSPS) is 14.1. The number of benzene rings is 1. The zero-order valence-electron chi connectivity index (χ0n) is 14.7. The highest BCUT2D eigenvalue weighted by molar-refractivity contribution is 5.91. The fourth-order valence-corrected chi connectivity index (χ4v) is 2.88. The summed E-state index contributed by atoms with van der Waals surface area (Å²) in [6.07, 6.45) is 1.32. The van der Waals surface area contributed by atoms with Gasteiger partial charge in [0.15, 0.2) is 5.76 Å². The van der Waals surface area contributed by atoms with Crippen molar-refractivity contribution in [1.82, 2.24) is 15.1 Å². The number of nitrogens with zero attached hydrogens (tertiary/aromatic N) is 2. The molecule has 0 saturated carbocycles. The average molecular weight is 373 g/mol. The highest BCUT2D eigenvalue weighted by atomic mass is 19.1. The number of piperazine rings is 1. The van der Waals surface area contributed by atoms with Crippen LogP contribution in [0, 0.1) is 5.82 Å². The van der Waals surface area contributed by atoms with E-state index < -0.39 is 11.7 Å². The van der Waals surface area contributed by atoms with E-state index in [9.17, 15) is 18.8 Å². The summed E-state index contributed by atoms with van der Waals surface area (Å²) in [4.78, 5) is 39.6. The molecule has 1 saturated heterocycles. The quantitative estimate of drug-likeness (QED) is 0.850. The van der Waals surface area contributed by atoms with E-state index in [2.05, 4.69) is 5.32 Å². The van der Waals surface area contributed by atoms with Crippen molar-refractivity contribution in [2.75, 3.05) is 32.7 Å². The number of furan rings is 1. The molecule has 1 N–H and O–H groups in total. The molecule has 0 atom stereocenters. The van der Waals surface area contributed by atoms with Gasteiger partial charge in [0.05, 0.1) is 19.2 Å². The summed E-state index contributed by atoms with van der Waals surface area (Å²) in [5, 5.41) is 2.52. The maximum absolute atomic E-state index is 13.5. The number of amides is 3. The summed E-state index contributed by atoms with van der Waals surface area (Å²) in [7, 11) is 0. The first-order valence-electron chi connectivity index (χ1n) is 8.65. The van der Waals surface area contributed by atoms with Crippen molar-refractivity contribution in [1.29, 1.82) is 0 Å². The number of hydrogen-bond acceptors (Lipinski definition) is 4. The summed E-state index contributed by atoms with van der Waals surface area (Å²) < 4.78 is 18.6. The van der Waals surface area contributed by atoms with E-state index in [1.807, 2.05) is 0 Å². The Bertz CT molecular complexity index is 814. The minimum Gasteiger partial charge on any atom is -0.459 e. The second-order valence-electron chi connectivity index (χ2n) is 6.20. The Labute approximate surface area is 155 Å². The average Bonchev–Trinajstić information content (AvgIpc) is 3.22. The Kier molecular flexibility index (Phi) is 5.85. The van der Waals surface area contributed by atoms with Crippen LogP contribution in [0.4, 0.5) is 4.39 Å². The summed E-state index contributed by atoms with van der Waals surface area (Å²) in [5.74, 6) is -1.03. The molecule has 0 aliphatic carbocycles. The fourth-order valence-electron chi connectivity index (χ4n) is 2.88. The second-order valence-corrected chi connectivity index (χ2v) is 6.20. The van der Waals surface area contributed by atoms with E-state index in [4.69, 9.17) is 4.42 Å². The molecule has 2 heterocycles. The summed E-state index contributed by atoms with van der Waals surface area (Å²) >= 11 is 0. The molecule has 1 fully saturated rings. The molecule has 1 aromatic heterocycles. The molecule has 2 aromatic rings. The lowest BCUT2D eigenvalue weighted by Crippen LogP contribution is -2.52. The van der Waals surface area contributed by atoms with Crippen molar-refractivity contribution >= 4 is 17.7 Å². The van der Waals surface area contributed by atoms with Gasteiger partial charge in [0, 0.05) is 26.2 Å². The summed E-state index contributed by atoms with van der Waals surface area (Å²) in [5.41, 5.74) is 0.285. The first-order valence-corrected chi connectivity index (χ1v) is 8.65. The number of carbonyl (C=O) groups is 3. The van der Waals surface area contributed by atoms with Crippen LogP contribution < -0.4 is 5.32 Å². The van der Waals surface area contributed by atoms with E-state index in [1.165, 1.54) is 18.4 Å². The lowest BCUT2D eigenvalue weighted by Gasteiger charge is -2.34. The lowest BCUT2D eigenvalue weighted by atomic mass is 10.1. The summed E-state index contributed by atoms with van der Waals surface area (Å²) in [6.45, 7) is 1.41.